The van der Waals surface area contributed by atoms with Gasteiger partial charge in [0.1, 0.15) is 11.9 Å². The van der Waals surface area contributed by atoms with Crippen LogP contribution in [0.1, 0.15) is 35.5 Å². The van der Waals surface area contributed by atoms with Gasteiger partial charge in [-0.3, -0.25) is 4.99 Å². The Bertz CT molecular complexity index is 1320. The second-order valence-electron chi connectivity index (χ2n) is 9.20. The van der Waals surface area contributed by atoms with Crippen LogP contribution in [0.4, 0.5) is 4.39 Å². The summed E-state index contributed by atoms with van der Waals surface area (Å²) in [7, 11) is -1.46. The van der Waals surface area contributed by atoms with Crippen LogP contribution in [0.15, 0.2) is 58.3 Å². The Hall–Kier alpha value is -2.60. The summed E-state index contributed by atoms with van der Waals surface area (Å²) in [4.78, 5) is 11.8. The number of amidine groups is 1. The van der Waals surface area contributed by atoms with Gasteiger partial charge < -0.3 is 9.91 Å². The van der Waals surface area contributed by atoms with Crippen molar-refractivity contribution in [3.8, 4) is 0 Å². The fourth-order valence-corrected chi connectivity index (χ4v) is 6.52. The number of hydrazine groups is 1. The predicted molar refractivity (Wildman–Crippen MR) is 131 cm³/mol. The van der Waals surface area contributed by atoms with Crippen molar-refractivity contribution in [3.63, 3.8) is 0 Å². The molecule has 1 saturated heterocycles. The van der Waals surface area contributed by atoms with E-state index < -0.39 is 21.6 Å². The lowest BCUT2D eigenvalue weighted by Gasteiger charge is -2.40. The van der Waals surface area contributed by atoms with Crippen LogP contribution in [0.5, 0.6) is 0 Å². The summed E-state index contributed by atoms with van der Waals surface area (Å²) in [6.45, 7) is 4.43. The van der Waals surface area contributed by atoms with Gasteiger partial charge in [-0.05, 0) is 43.2 Å². The second kappa shape index (κ2) is 8.26. The van der Waals surface area contributed by atoms with Gasteiger partial charge in [0.05, 0.1) is 11.8 Å². The van der Waals surface area contributed by atoms with Crippen molar-refractivity contribution >= 4 is 27.2 Å². The summed E-state index contributed by atoms with van der Waals surface area (Å²) in [6.07, 6.45) is 7.48. The van der Waals surface area contributed by atoms with E-state index >= 15 is 0 Å². The Morgan fingerprint density at radius 3 is 2.76 bits per heavy atom. The molecule has 3 atom stereocenters. The van der Waals surface area contributed by atoms with Crippen molar-refractivity contribution in [2.75, 3.05) is 19.8 Å². The summed E-state index contributed by atoms with van der Waals surface area (Å²) in [5.41, 5.74) is 6.67. The van der Waals surface area contributed by atoms with E-state index in [2.05, 4.69) is 33.0 Å². The normalized spacial score (nSPS) is 26.9. The van der Waals surface area contributed by atoms with Crippen molar-refractivity contribution in [1.29, 1.82) is 0 Å². The third-order valence-corrected chi connectivity index (χ3v) is 7.92. The maximum Gasteiger partial charge on any atom is 0.209 e. The SMILES string of the molecule is Cc1cc(F)ccc1[C@@H]1N=C(c2nccs2)N2C[C@@H](NS(C)(=O)=O)CC2=C1C1(C)C=CN(C)N1. The van der Waals surface area contributed by atoms with Crippen molar-refractivity contribution in [2.45, 2.75) is 37.9 Å². The van der Waals surface area contributed by atoms with E-state index in [4.69, 9.17) is 4.99 Å². The lowest BCUT2D eigenvalue weighted by atomic mass is 9.80. The van der Waals surface area contributed by atoms with Crippen LogP contribution in [0.2, 0.25) is 0 Å². The Morgan fingerprint density at radius 1 is 1.35 bits per heavy atom. The molecule has 1 unspecified atom stereocenters. The highest BCUT2D eigenvalue weighted by molar-refractivity contribution is 7.88. The summed E-state index contributed by atoms with van der Waals surface area (Å²) in [5, 5.41) is 4.56. The molecule has 3 aliphatic heterocycles. The molecule has 0 radical (unpaired) electrons. The van der Waals surface area contributed by atoms with Crippen LogP contribution in [0.3, 0.4) is 0 Å². The molecule has 2 N–H and O–H groups in total. The zero-order chi connectivity index (χ0) is 24.3. The van der Waals surface area contributed by atoms with E-state index in [0.29, 0.717) is 18.8 Å². The largest absolute Gasteiger partial charge is 0.326 e. The number of aromatic nitrogens is 1. The number of rotatable bonds is 5. The molecule has 5 rings (SSSR count). The zero-order valence-corrected chi connectivity index (χ0v) is 21.0. The van der Waals surface area contributed by atoms with Gasteiger partial charge in [0, 0.05) is 55.1 Å². The standard InChI is InChI=1S/C23H27FN6O2S2/c1-14-11-15(24)5-6-17(14)20-19(23(2)7-9-29(3)28-23)18-12-16(27-34(4,31)32)13-30(18)21(26-20)22-25-8-10-33-22/h5-11,16,20,27-28H,12-13H2,1-4H3/t16-,20-,23?/m0/s1. The molecular formula is C23H27FN6O2S2. The Kier molecular flexibility index (Phi) is 5.63. The highest BCUT2D eigenvalue weighted by atomic mass is 32.2. The Balaban J connectivity index is 1.72. The highest BCUT2D eigenvalue weighted by Crippen LogP contribution is 2.46. The van der Waals surface area contributed by atoms with E-state index in [-0.39, 0.29) is 11.9 Å². The third kappa shape index (κ3) is 4.17. The maximum absolute atomic E-state index is 14.0. The van der Waals surface area contributed by atoms with Crippen LogP contribution in [-0.4, -0.2) is 60.6 Å². The van der Waals surface area contributed by atoms with Crippen molar-refractivity contribution in [2.24, 2.45) is 4.99 Å². The number of nitrogens with one attached hydrogen (secondary N) is 2. The number of hydrogen-bond acceptors (Lipinski definition) is 8. The molecule has 1 fully saturated rings. The minimum atomic E-state index is -3.39. The van der Waals surface area contributed by atoms with Crippen molar-refractivity contribution < 1.29 is 12.8 Å². The summed E-state index contributed by atoms with van der Waals surface area (Å²) < 4.78 is 40.9. The van der Waals surface area contributed by atoms with Gasteiger partial charge in [-0.25, -0.2) is 27.9 Å². The first-order valence-corrected chi connectivity index (χ1v) is 13.7. The zero-order valence-electron chi connectivity index (χ0n) is 19.4. The monoisotopic (exact) mass is 502 g/mol. The number of benzene rings is 1. The molecule has 8 nitrogen and oxygen atoms in total. The van der Waals surface area contributed by atoms with E-state index in [1.807, 2.05) is 30.6 Å². The molecule has 0 spiro atoms. The predicted octanol–water partition coefficient (Wildman–Crippen LogP) is 2.69. The van der Waals surface area contributed by atoms with Gasteiger partial charge in [0.25, 0.3) is 0 Å². The summed E-state index contributed by atoms with van der Waals surface area (Å²) in [6, 6.07) is 4.09. The molecule has 0 bridgehead atoms. The number of nitrogens with zero attached hydrogens (tertiary/aromatic N) is 4. The molecule has 3 aliphatic rings. The molecule has 11 heteroatoms. The average molecular weight is 503 g/mol. The van der Waals surface area contributed by atoms with E-state index in [0.717, 1.165) is 27.4 Å². The molecular weight excluding hydrogens is 475 g/mol. The Morgan fingerprint density at radius 2 is 2.15 bits per heavy atom. The minimum Gasteiger partial charge on any atom is -0.326 e. The van der Waals surface area contributed by atoms with Gasteiger partial charge in [0.2, 0.25) is 10.0 Å². The van der Waals surface area contributed by atoms with E-state index in [9.17, 15) is 12.8 Å². The number of halogens is 1. The highest BCUT2D eigenvalue weighted by Gasteiger charge is 2.46. The first kappa shape index (κ1) is 23.2. The molecule has 180 valence electrons. The fraction of sp³-hybridized carbons (Fsp3) is 0.391. The van der Waals surface area contributed by atoms with E-state index in [1.165, 1.54) is 29.7 Å². The number of thiazole rings is 1. The van der Waals surface area contributed by atoms with Gasteiger partial charge in [-0.15, -0.1) is 11.3 Å². The van der Waals surface area contributed by atoms with Crippen LogP contribution >= 0.6 is 11.3 Å². The van der Waals surface area contributed by atoms with E-state index in [1.54, 1.807) is 12.3 Å². The van der Waals surface area contributed by atoms with Gasteiger partial charge in [-0.1, -0.05) is 6.07 Å². The van der Waals surface area contributed by atoms with Crippen LogP contribution in [-0.2, 0) is 10.0 Å². The molecule has 4 heterocycles. The lowest BCUT2D eigenvalue weighted by Crippen LogP contribution is -2.48. The number of hydrogen-bond donors (Lipinski definition) is 2. The van der Waals surface area contributed by atoms with Crippen LogP contribution < -0.4 is 10.1 Å². The fourth-order valence-electron chi connectivity index (χ4n) is 5.12. The maximum atomic E-state index is 14.0. The van der Waals surface area contributed by atoms with Crippen LogP contribution in [0.25, 0.3) is 0 Å². The molecule has 2 aromatic rings. The van der Waals surface area contributed by atoms with Crippen molar-refractivity contribution in [3.05, 3.63) is 75.3 Å². The lowest BCUT2D eigenvalue weighted by molar-refractivity contribution is 0.281. The number of fused-ring (bicyclic) bond motifs is 1. The first-order valence-electron chi connectivity index (χ1n) is 11.0. The van der Waals surface area contributed by atoms with Gasteiger partial charge >= 0.3 is 0 Å². The molecule has 34 heavy (non-hydrogen) atoms. The first-order chi connectivity index (χ1) is 16.0. The summed E-state index contributed by atoms with van der Waals surface area (Å²) in [5.74, 6) is 0.416. The molecule has 1 aromatic carbocycles. The number of aryl methyl sites for hydroxylation is 1. The van der Waals surface area contributed by atoms with Gasteiger partial charge in [-0.2, -0.15) is 0 Å². The van der Waals surface area contributed by atoms with Crippen molar-refractivity contribution in [1.82, 2.24) is 25.0 Å². The quantitative estimate of drug-likeness (QED) is 0.654. The molecule has 0 aliphatic carbocycles. The topological polar surface area (TPSA) is 89.9 Å². The minimum absolute atomic E-state index is 0.292. The number of aliphatic imine (C=N–C) groups is 1. The third-order valence-electron chi connectivity index (χ3n) is 6.39. The Labute approximate surface area is 202 Å². The van der Waals surface area contributed by atoms with Crippen LogP contribution in [0, 0.1) is 12.7 Å². The summed E-state index contributed by atoms with van der Waals surface area (Å²) >= 11 is 1.49. The smallest absolute Gasteiger partial charge is 0.209 e. The molecule has 1 aromatic heterocycles. The molecule has 0 amide bonds. The second-order valence-corrected chi connectivity index (χ2v) is 11.9. The molecule has 0 saturated carbocycles. The van der Waals surface area contributed by atoms with Gasteiger partial charge in [0.15, 0.2) is 10.8 Å². The average Bonchev–Trinajstić information content (AvgIpc) is 3.46. The number of sulfonamides is 1.